The second-order valence-electron chi connectivity index (χ2n) is 4.57. The van der Waals surface area contributed by atoms with Crippen LogP contribution in [0.15, 0.2) is 23.1 Å². The second-order valence-corrected chi connectivity index (χ2v) is 6.63. The number of carboxylic acid groups (broad SMARTS) is 1. The van der Waals surface area contributed by atoms with Crippen molar-refractivity contribution in [3.8, 4) is 0 Å². The van der Waals surface area contributed by atoms with Gasteiger partial charge in [0.2, 0.25) is 10.0 Å². The van der Waals surface area contributed by atoms with Crippen LogP contribution in [0.2, 0.25) is 5.02 Å². The molecule has 0 amide bonds. The number of halogens is 1. The fraction of sp³-hybridized carbons (Fsp3) is 0.417. The van der Waals surface area contributed by atoms with Crippen LogP contribution in [0.25, 0.3) is 0 Å². The molecule has 0 spiro atoms. The van der Waals surface area contributed by atoms with Crippen molar-refractivity contribution in [2.75, 3.05) is 0 Å². The molecule has 0 aromatic heterocycles. The molecule has 1 aromatic rings. The summed E-state index contributed by atoms with van der Waals surface area (Å²) in [5.74, 6) is -1.60. The average molecular weight is 306 g/mol. The number of carboxylic acids is 1. The summed E-state index contributed by atoms with van der Waals surface area (Å²) < 4.78 is 26.5. The van der Waals surface area contributed by atoms with Crippen molar-refractivity contribution >= 4 is 27.6 Å². The second kappa shape index (κ2) is 5.90. The van der Waals surface area contributed by atoms with E-state index in [0.717, 1.165) is 0 Å². The Morgan fingerprint density at radius 1 is 1.37 bits per heavy atom. The lowest BCUT2D eigenvalue weighted by molar-refractivity contribution is -0.140. The van der Waals surface area contributed by atoms with Gasteiger partial charge in [-0.25, -0.2) is 8.42 Å². The molecule has 5 nitrogen and oxygen atoms in total. The zero-order chi connectivity index (χ0) is 14.8. The van der Waals surface area contributed by atoms with Gasteiger partial charge in [0.05, 0.1) is 5.02 Å². The summed E-state index contributed by atoms with van der Waals surface area (Å²) >= 11 is 5.95. The number of aliphatic carboxylic acids is 1. The summed E-state index contributed by atoms with van der Waals surface area (Å²) in [5.41, 5.74) is 0.612. The lowest BCUT2D eigenvalue weighted by atomic mass is 10.1. The van der Waals surface area contributed by atoms with Gasteiger partial charge in [-0.15, -0.1) is 0 Å². The Bertz CT molecular complexity index is 583. The molecule has 0 aliphatic carbocycles. The summed E-state index contributed by atoms with van der Waals surface area (Å²) in [6, 6.07) is 3.39. The summed E-state index contributed by atoms with van der Waals surface area (Å²) in [7, 11) is -3.97. The molecule has 0 saturated heterocycles. The molecule has 1 aromatic carbocycles. The van der Waals surface area contributed by atoms with Crippen LogP contribution in [-0.2, 0) is 14.8 Å². The molecule has 0 saturated carbocycles. The minimum Gasteiger partial charge on any atom is -0.480 e. The van der Waals surface area contributed by atoms with E-state index in [4.69, 9.17) is 16.7 Å². The SMILES string of the molecule is Cc1cccc(S(=O)(=O)NC(C(=O)O)C(C)C)c1Cl. The van der Waals surface area contributed by atoms with Crippen molar-refractivity contribution in [1.29, 1.82) is 0 Å². The van der Waals surface area contributed by atoms with Crippen LogP contribution in [-0.4, -0.2) is 25.5 Å². The third kappa shape index (κ3) is 3.68. The van der Waals surface area contributed by atoms with E-state index in [2.05, 4.69) is 4.72 Å². The largest absolute Gasteiger partial charge is 0.480 e. The van der Waals surface area contributed by atoms with Gasteiger partial charge in [0.1, 0.15) is 10.9 Å². The zero-order valence-electron chi connectivity index (χ0n) is 10.8. The summed E-state index contributed by atoms with van der Waals surface area (Å²) in [4.78, 5) is 10.9. The summed E-state index contributed by atoms with van der Waals surface area (Å²) in [6.07, 6.45) is 0. The summed E-state index contributed by atoms with van der Waals surface area (Å²) in [5, 5.41) is 9.12. The molecular formula is C12H16ClNO4S. The van der Waals surface area contributed by atoms with Crippen LogP contribution < -0.4 is 4.72 Å². The standard InChI is InChI=1S/C12H16ClNO4S/c1-7(2)11(12(15)16)14-19(17,18)9-6-4-5-8(3)10(9)13/h4-7,11,14H,1-3H3,(H,15,16). The molecule has 0 heterocycles. The normalized spacial score (nSPS) is 13.5. The summed E-state index contributed by atoms with van der Waals surface area (Å²) in [6.45, 7) is 4.93. The number of rotatable bonds is 5. The fourth-order valence-electron chi connectivity index (χ4n) is 1.53. The third-order valence-corrected chi connectivity index (χ3v) is 4.76. The lowest BCUT2D eigenvalue weighted by Crippen LogP contribution is -2.44. The Labute approximate surface area is 117 Å². The molecule has 1 unspecified atom stereocenters. The molecular weight excluding hydrogens is 290 g/mol. The van der Waals surface area contributed by atoms with E-state index in [-0.39, 0.29) is 15.8 Å². The molecule has 0 bridgehead atoms. The average Bonchev–Trinajstić information content (AvgIpc) is 2.28. The van der Waals surface area contributed by atoms with Crippen molar-refractivity contribution in [3.63, 3.8) is 0 Å². The van der Waals surface area contributed by atoms with Gasteiger partial charge in [0, 0.05) is 0 Å². The Balaban J connectivity index is 3.18. The predicted molar refractivity (Wildman–Crippen MR) is 72.8 cm³/mol. The fourth-order valence-corrected chi connectivity index (χ4v) is 3.45. The van der Waals surface area contributed by atoms with Crippen LogP contribution in [0.4, 0.5) is 0 Å². The number of sulfonamides is 1. The van der Waals surface area contributed by atoms with Crippen LogP contribution in [0.3, 0.4) is 0 Å². The topological polar surface area (TPSA) is 83.5 Å². The van der Waals surface area contributed by atoms with Crippen molar-refractivity contribution < 1.29 is 18.3 Å². The zero-order valence-corrected chi connectivity index (χ0v) is 12.4. The van der Waals surface area contributed by atoms with Crippen LogP contribution in [0.1, 0.15) is 19.4 Å². The first-order valence-electron chi connectivity index (χ1n) is 5.67. The smallest absolute Gasteiger partial charge is 0.322 e. The van der Waals surface area contributed by atoms with Gasteiger partial charge in [-0.05, 0) is 24.5 Å². The van der Waals surface area contributed by atoms with E-state index in [1.165, 1.54) is 6.07 Å². The number of hydrogen-bond donors (Lipinski definition) is 2. The van der Waals surface area contributed by atoms with Crippen LogP contribution >= 0.6 is 11.6 Å². The molecule has 19 heavy (non-hydrogen) atoms. The highest BCUT2D eigenvalue weighted by atomic mass is 35.5. The van der Waals surface area contributed by atoms with E-state index in [9.17, 15) is 13.2 Å². The van der Waals surface area contributed by atoms with Crippen LogP contribution in [0.5, 0.6) is 0 Å². The number of carbonyl (C=O) groups is 1. The molecule has 7 heteroatoms. The maximum Gasteiger partial charge on any atom is 0.322 e. The number of hydrogen-bond acceptors (Lipinski definition) is 3. The van der Waals surface area contributed by atoms with E-state index in [0.29, 0.717) is 5.56 Å². The Kier molecular flexibility index (Phi) is 4.95. The quantitative estimate of drug-likeness (QED) is 0.872. The van der Waals surface area contributed by atoms with Crippen molar-refractivity contribution in [2.45, 2.75) is 31.7 Å². The number of benzene rings is 1. The maximum absolute atomic E-state index is 12.2. The number of aryl methyl sites for hydroxylation is 1. The first kappa shape index (κ1) is 15.9. The Morgan fingerprint density at radius 2 is 1.95 bits per heavy atom. The Hall–Kier alpha value is -1.11. The first-order chi connectivity index (χ1) is 8.66. The highest BCUT2D eigenvalue weighted by molar-refractivity contribution is 7.89. The molecule has 0 aliphatic heterocycles. The minimum atomic E-state index is -3.97. The highest BCUT2D eigenvalue weighted by Crippen LogP contribution is 2.25. The predicted octanol–water partition coefficient (Wildman–Crippen LogP) is 2.04. The van der Waals surface area contributed by atoms with Crippen molar-refractivity contribution in [1.82, 2.24) is 4.72 Å². The molecule has 0 radical (unpaired) electrons. The van der Waals surface area contributed by atoms with Gasteiger partial charge < -0.3 is 5.11 Å². The van der Waals surface area contributed by atoms with E-state index in [1.54, 1.807) is 32.9 Å². The lowest BCUT2D eigenvalue weighted by Gasteiger charge is -2.18. The monoisotopic (exact) mass is 305 g/mol. The first-order valence-corrected chi connectivity index (χ1v) is 7.53. The van der Waals surface area contributed by atoms with Gasteiger partial charge in [0.15, 0.2) is 0 Å². The molecule has 0 aliphatic rings. The van der Waals surface area contributed by atoms with Gasteiger partial charge >= 0.3 is 5.97 Å². The number of nitrogens with one attached hydrogen (secondary N) is 1. The highest BCUT2D eigenvalue weighted by Gasteiger charge is 2.29. The molecule has 106 valence electrons. The van der Waals surface area contributed by atoms with Gasteiger partial charge in [-0.2, -0.15) is 4.72 Å². The van der Waals surface area contributed by atoms with E-state index in [1.807, 2.05) is 0 Å². The molecule has 2 N–H and O–H groups in total. The molecule has 1 atom stereocenters. The van der Waals surface area contributed by atoms with Crippen molar-refractivity contribution in [2.24, 2.45) is 5.92 Å². The van der Waals surface area contributed by atoms with Gasteiger partial charge in [-0.3, -0.25) is 4.79 Å². The third-order valence-electron chi connectivity index (χ3n) is 2.66. The molecule has 0 fully saturated rings. The minimum absolute atomic E-state index is 0.0999. The van der Waals surface area contributed by atoms with E-state index >= 15 is 0 Å². The van der Waals surface area contributed by atoms with Crippen molar-refractivity contribution in [3.05, 3.63) is 28.8 Å². The Morgan fingerprint density at radius 3 is 2.42 bits per heavy atom. The maximum atomic E-state index is 12.2. The van der Waals surface area contributed by atoms with Crippen LogP contribution in [0, 0.1) is 12.8 Å². The van der Waals surface area contributed by atoms with E-state index < -0.39 is 22.0 Å². The van der Waals surface area contributed by atoms with Gasteiger partial charge in [-0.1, -0.05) is 37.6 Å². The van der Waals surface area contributed by atoms with Gasteiger partial charge in [0.25, 0.3) is 0 Å². The molecule has 1 rings (SSSR count).